The van der Waals surface area contributed by atoms with Gasteiger partial charge in [0.05, 0.1) is 23.9 Å². The molecule has 0 bridgehead atoms. The molecule has 0 amide bonds. The standard InChI is InChI=1S/C11H10N6S/c1-2-11(17-7-13-6-16-17)15-3-9(1)14-5-10-4-12-8-18-10/h1-4,6-8,14H,5H2. The third-order valence-electron chi connectivity index (χ3n) is 2.35. The molecule has 0 saturated carbocycles. The molecule has 0 saturated heterocycles. The van der Waals surface area contributed by atoms with Crippen LogP contribution in [0.5, 0.6) is 0 Å². The summed E-state index contributed by atoms with van der Waals surface area (Å²) >= 11 is 1.63. The molecule has 0 aliphatic heterocycles. The highest BCUT2D eigenvalue weighted by atomic mass is 32.1. The highest BCUT2D eigenvalue weighted by molar-refractivity contribution is 7.09. The maximum absolute atomic E-state index is 4.31. The Morgan fingerprint density at radius 3 is 2.89 bits per heavy atom. The Balaban J connectivity index is 1.68. The summed E-state index contributed by atoms with van der Waals surface area (Å²) in [5.41, 5.74) is 2.79. The molecule has 0 atom stereocenters. The van der Waals surface area contributed by atoms with E-state index in [1.807, 2.05) is 23.8 Å². The van der Waals surface area contributed by atoms with Crippen LogP contribution in [0.3, 0.4) is 0 Å². The zero-order valence-corrected chi connectivity index (χ0v) is 10.2. The number of rotatable bonds is 4. The largest absolute Gasteiger partial charge is 0.379 e. The van der Waals surface area contributed by atoms with Gasteiger partial charge in [-0.1, -0.05) is 0 Å². The van der Waals surface area contributed by atoms with Crippen LogP contribution in [0.2, 0.25) is 0 Å². The van der Waals surface area contributed by atoms with Gasteiger partial charge in [-0.15, -0.1) is 11.3 Å². The van der Waals surface area contributed by atoms with Crippen LogP contribution in [0, 0.1) is 0 Å². The number of anilines is 1. The first-order chi connectivity index (χ1) is 8.92. The van der Waals surface area contributed by atoms with E-state index < -0.39 is 0 Å². The van der Waals surface area contributed by atoms with E-state index >= 15 is 0 Å². The zero-order valence-electron chi connectivity index (χ0n) is 9.39. The second-order valence-electron chi connectivity index (χ2n) is 3.57. The van der Waals surface area contributed by atoms with Crippen LogP contribution in [0.25, 0.3) is 5.82 Å². The maximum atomic E-state index is 4.31. The molecule has 0 aliphatic rings. The molecule has 3 aromatic rings. The summed E-state index contributed by atoms with van der Waals surface area (Å²) in [6.07, 6.45) is 6.73. The van der Waals surface area contributed by atoms with Crippen molar-refractivity contribution in [1.29, 1.82) is 0 Å². The van der Waals surface area contributed by atoms with Crippen molar-refractivity contribution in [2.45, 2.75) is 6.54 Å². The highest BCUT2D eigenvalue weighted by Crippen LogP contribution is 2.12. The fraction of sp³-hybridized carbons (Fsp3) is 0.0909. The molecular formula is C11H10N6S. The van der Waals surface area contributed by atoms with Gasteiger partial charge in [-0.2, -0.15) is 5.10 Å². The van der Waals surface area contributed by atoms with E-state index in [4.69, 9.17) is 0 Å². The predicted octanol–water partition coefficient (Wildman–Crippen LogP) is 1.73. The van der Waals surface area contributed by atoms with Crippen molar-refractivity contribution >= 4 is 17.0 Å². The minimum atomic E-state index is 0.746. The van der Waals surface area contributed by atoms with Crippen LogP contribution >= 0.6 is 11.3 Å². The van der Waals surface area contributed by atoms with Crippen molar-refractivity contribution in [2.24, 2.45) is 0 Å². The van der Waals surface area contributed by atoms with Crippen molar-refractivity contribution in [2.75, 3.05) is 5.32 Å². The second kappa shape index (κ2) is 4.92. The van der Waals surface area contributed by atoms with E-state index in [9.17, 15) is 0 Å². The summed E-state index contributed by atoms with van der Waals surface area (Å²) in [7, 11) is 0. The third-order valence-corrected chi connectivity index (χ3v) is 3.13. The number of pyridine rings is 1. The Morgan fingerprint density at radius 1 is 1.22 bits per heavy atom. The van der Waals surface area contributed by atoms with Crippen molar-refractivity contribution in [3.63, 3.8) is 0 Å². The highest BCUT2D eigenvalue weighted by Gasteiger charge is 1.99. The molecule has 3 aromatic heterocycles. The number of thiazole rings is 1. The third kappa shape index (κ3) is 2.35. The summed E-state index contributed by atoms with van der Waals surface area (Å²) in [5.74, 6) is 0.746. The Kier molecular flexibility index (Phi) is 2.97. The van der Waals surface area contributed by atoms with Crippen LogP contribution in [0.4, 0.5) is 5.69 Å². The van der Waals surface area contributed by atoms with Gasteiger partial charge in [0.15, 0.2) is 5.82 Å². The van der Waals surface area contributed by atoms with Gasteiger partial charge in [0.25, 0.3) is 0 Å². The van der Waals surface area contributed by atoms with E-state index in [1.165, 1.54) is 11.2 Å². The lowest BCUT2D eigenvalue weighted by molar-refractivity contribution is 0.845. The van der Waals surface area contributed by atoms with Crippen molar-refractivity contribution in [3.05, 3.63) is 47.6 Å². The predicted molar refractivity (Wildman–Crippen MR) is 68.6 cm³/mol. The maximum Gasteiger partial charge on any atom is 0.155 e. The van der Waals surface area contributed by atoms with Gasteiger partial charge in [0.2, 0.25) is 0 Å². The number of aromatic nitrogens is 5. The van der Waals surface area contributed by atoms with Gasteiger partial charge >= 0.3 is 0 Å². The Hall–Kier alpha value is -2.28. The molecule has 6 nitrogen and oxygen atoms in total. The lowest BCUT2D eigenvalue weighted by Crippen LogP contribution is -2.01. The minimum Gasteiger partial charge on any atom is -0.379 e. The number of nitrogens with one attached hydrogen (secondary N) is 1. The SMILES string of the molecule is c1ncn(-c2ccc(NCc3cncs3)cn2)n1. The van der Waals surface area contributed by atoms with Crippen LogP contribution in [0.15, 0.2) is 42.7 Å². The lowest BCUT2D eigenvalue weighted by atomic mass is 10.4. The average molecular weight is 258 g/mol. The van der Waals surface area contributed by atoms with E-state index in [1.54, 1.807) is 28.5 Å². The molecule has 7 heteroatoms. The van der Waals surface area contributed by atoms with Gasteiger partial charge < -0.3 is 5.32 Å². The molecule has 0 aromatic carbocycles. The number of nitrogens with zero attached hydrogens (tertiary/aromatic N) is 5. The van der Waals surface area contributed by atoms with Crippen LogP contribution < -0.4 is 5.32 Å². The van der Waals surface area contributed by atoms with Crippen molar-refractivity contribution < 1.29 is 0 Å². The van der Waals surface area contributed by atoms with Crippen molar-refractivity contribution in [1.82, 2.24) is 24.7 Å². The number of hydrogen-bond donors (Lipinski definition) is 1. The van der Waals surface area contributed by atoms with Gasteiger partial charge in [-0.25, -0.2) is 14.6 Å². The summed E-state index contributed by atoms with van der Waals surface area (Å²) in [6, 6.07) is 3.86. The molecule has 18 heavy (non-hydrogen) atoms. The Bertz CT molecular complexity index is 587. The van der Waals surface area contributed by atoms with E-state index in [-0.39, 0.29) is 0 Å². The first-order valence-electron chi connectivity index (χ1n) is 5.34. The second-order valence-corrected chi connectivity index (χ2v) is 4.54. The molecule has 1 N–H and O–H groups in total. The first kappa shape index (κ1) is 10.8. The van der Waals surface area contributed by atoms with Crippen molar-refractivity contribution in [3.8, 4) is 5.82 Å². The summed E-state index contributed by atoms with van der Waals surface area (Å²) in [5, 5.41) is 7.30. The molecule has 3 rings (SSSR count). The molecule has 3 heterocycles. The van der Waals surface area contributed by atoms with E-state index in [2.05, 4.69) is 25.4 Å². The van der Waals surface area contributed by atoms with Crippen LogP contribution in [0.1, 0.15) is 4.88 Å². The Morgan fingerprint density at radius 2 is 2.22 bits per heavy atom. The fourth-order valence-electron chi connectivity index (χ4n) is 1.47. The van der Waals surface area contributed by atoms with E-state index in [0.717, 1.165) is 18.1 Å². The Labute approximate surface area is 107 Å². The molecule has 0 radical (unpaired) electrons. The minimum absolute atomic E-state index is 0.746. The molecule has 90 valence electrons. The van der Waals surface area contributed by atoms with E-state index in [0.29, 0.717) is 0 Å². The summed E-state index contributed by atoms with van der Waals surface area (Å²) in [4.78, 5) is 13.4. The van der Waals surface area contributed by atoms with Gasteiger partial charge in [0, 0.05) is 11.1 Å². The van der Waals surface area contributed by atoms with Gasteiger partial charge in [-0.3, -0.25) is 4.98 Å². The fourth-order valence-corrected chi connectivity index (χ4v) is 2.01. The van der Waals surface area contributed by atoms with Gasteiger partial charge in [-0.05, 0) is 12.1 Å². The van der Waals surface area contributed by atoms with Gasteiger partial charge in [0.1, 0.15) is 12.7 Å². The molecule has 0 aliphatic carbocycles. The zero-order chi connectivity index (χ0) is 12.2. The quantitative estimate of drug-likeness (QED) is 0.772. The molecular weight excluding hydrogens is 248 g/mol. The molecule has 0 spiro atoms. The smallest absolute Gasteiger partial charge is 0.155 e. The number of hydrogen-bond acceptors (Lipinski definition) is 6. The average Bonchev–Trinajstić information content (AvgIpc) is 3.10. The normalized spacial score (nSPS) is 10.4. The summed E-state index contributed by atoms with van der Waals surface area (Å²) < 4.78 is 1.62. The lowest BCUT2D eigenvalue weighted by Gasteiger charge is -2.05. The molecule has 0 unspecified atom stereocenters. The monoisotopic (exact) mass is 258 g/mol. The topological polar surface area (TPSA) is 68.5 Å². The summed E-state index contributed by atoms with van der Waals surface area (Å²) in [6.45, 7) is 0.759. The van der Waals surface area contributed by atoms with Crippen LogP contribution in [-0.2, 0) is 6.54 Å². The van der Waals surface area contributed by atoms with Crippen LogP contribution in [-0.4, -0.2) is 24.7 Å². The molecule has 0 fully saturated rings. The first-order valence-corrected chi connectivity index (χ1v) is 6.22.